The van der Waals surface area contributed by atoms with E-state index in [1.54, 1.807) is 0 Å². The van der Waals surface area contributed by atoms with Crippen molar-refractivity contribution in [2.75, 3.05) is 20.4 Å². The average Bonchev–Trinajstić information content (AvgIpc) is 2.80. The van der Waals surface area contributed by atoms with E-state index in [0.717, 1.165) is 6.61 Å². The first-order valence-corrected chi connectivity index (χ1v) is 14.5. The van der Waals surface area contributed by atoms with E-state index in [4.69, 9.17) is 4.74 Å². The van der Waals surface area contributed by atoms with Crippen LogP contribution in [0.15, 0.2) is 0 Å². The maximum atomic E-state index is 5.99. The van der Waals surface area contributed by atoms with Crippen molar-refractivity contribution in [2.45, 2.75) is 155 Å². The highest BCUT2D eigenvalue weighted by Crippen LogP contribution is 2.46. The summed E-state index contributed by atoms with van der Waals surface area (Å²) >= 11 is 0. The van der Waals surface area contributed by atoms with Crippen LogP contribution < -0.4 is 5.32 Å². The molecule has 0 aromatic rings. The van der Waals surface area contributed by atoms with Gasteiger partial charge in [0.15, 0.2) is 0 Å². The molecule has 0 heterocycles. The second-order valence-corrected chi connectivity index (χ2v) is 11.4. The first-order chi connectivity index (χ1) is 15.2. The third-order valence-corrected chi connectivity index (χ3v) is 8.71. The first kappa shape index (κ1) is 27.2. The molecule has 2 aliphatic rings. The Hall–Kier alpha value is -0.0800. The molecule has 0 aromatic heterocycles. The lowest BCUT2D eigenvalue weighted by Gasteiger charge is -2.39. The summed E-state index contributed by atoms with van der Waals surface area (Å²) in [6, 6.07) is 0. The summed E-state index contributed by atoms with van der Waals surface area (Å²) in [5.41, 5.74) is 1.20. The molecular weight excluding hydrogens is 378 g/mol. The highest BCUT2D eigenvalue weighted by atomic mass is 16.5. The lowest BCUT2D eigenvalue weighted by atomic mass is 9.67. The van der Waals surface area contributed by atoms with E-state index in [9.17, 15) is 0 Å². The lowest BCUT2D eigenvalue weighted by molar-refractivity contribution is 0.00648. The van der Waals surface area contributed by atoms with Gasteiger partial charge in [-0.1, -0.05) is 110 Å². The summed E-state index contributed by atoms with van der Waals surface area (Å²) in [5, 5.41) is 3.16. The van der Waals surface area contributed by atoms with Gasteiger partial charge in [0.05, 0.1) is 13.3 Å². The Morgan fingerprint density at radius 3 is 1.58 bits per heavy atom. The van der Waals surface area contributed by atoms with Crippen molar-refractivity contribution in [3.05, 3.63) is 0 Å². The Labute approximate surface area is 196 Å². The molecule has 0 bridgehead atoms. The van der Waals surface area contributed by atoms with Gasteiger partial charge < -0.3 is 4.74 Å². The standard InChI is InChI=1S/C29H57NO/c1-3-4-5-6-7-8-9-12-19-28(20-13-10-14-21-28)22-17-18-25-29(26-31-27-30-2)23-15-11-16-24-29/h30H,3-27H2,1-2H3. The average molecular weight is 436 g/mol. The Bertz CT molecular complexity index is 409. The van der Waals surface area contributed by atoms with Crippen LogP contribution in [0.3, 0.4) is 0 Å². The summed E-state index contributed by atoms with van der Waals surface area (Å²) in [4.78, 5) is 0. The fourth-order valence-corrected chi connectivity index (χ4v) is 6.70. The second-order valence-electron chi connectivity index (χ2n) is 11.4. The molecule has 0 amide bonds. The molecular formula is C29H57NO. The van der Waals surface area contributed by atoms with Crippen molar-refractivity contribution in [1.82, 2.24) is 5.32 Å². The Kier molecular flexibility index (Phi) is 14.5. The number of ether oxygens (including phenoxy) is 1. The molecule has 1 N–H and O–H groups in total. The van der Waals surface area contributed by atoms with Gasteiger partial charge in [-0.3, -0.25) is 5.32 Å². The zero-order valence-corrected chi connectivity index (χ0v) is 21.6. The molecule has 0 aliphatic heterocycles. The maximum Gasteiger partial charge on any atom is 0.0963 e. The molecule has 0 atom stereocenters. The zero-order valence-electron chi connectivity index (χ0n) is 21.6. The summed E-state index contributed by atoms with van der Waals surface area (Å²) in [5.74, 6) is 0. The van der Waals surface area contributed by atoms with E-state index >= 15 is 0 Å². The fraction of sp³-hybridized carbons (Fsp3) is 1.00. The third-order valence-electron chi connectivity index (χ3n) is 8.71. The molecule has 0 spiro atoms. The Morgan fingerprint density at radius 2 is 1.03 bits per heavy atom. The predicted octanol–water partition coefficient (Wildman–Crippen LogP) is 9.17. The monoisotopic (exact) mass is 435 g/mol. The maximum absolute atomic E-state index is 5.99. The number of rotatable bonds is 18. The summed E-state index contributed by atoms with van der Waals surface area (Å²) in [6.45, 7) is 4.01. The molecule has 0 radical (unpaired) electrons. The van der Waals surface area contributed by atoms with Gasteiger partial charge in [0, 0.05) is 0 Å². The predicted molar refractivity (Wildman–Crippen MR) is 137 cm³/mol. The number of hydrogen-bond donors (Lipinski definition) is 1. The van der Waals surface area contributed by atoms with E-state index in [1.165, 1.54) is 148 Å². The normalized spacial score (nSPS) is 20.7. The van der Waals surface area contributed by atoms with Gasteiger partial charge in [-0.15, -0.1) is 0 Å². The molecule has 2 aliphatic carbocycles. The highest BCUT2D eigenvalue weighted by Gasteiger charge is 2.33. The van der Waals surface area contributed by atoms with Crippen molar-refractivity contribution in [3.8, 4) is 0 Å². The number of unbranched alkanes of at least 4 members (excludes halogenated alkanes) is 8. The van der Waals surface area contributed by atoms with Crippen molar-refractivity contribution in [2.24, 2.45) is 10.8 Å². The van der Waals surface area contributed by atoms with Gasteiger partial charge in [0.25, 0.3) is 0 Å². The fourth-order valence-electron chi connectivity index (χ4n) is 6.70. The van der Waals surface area contributed by atoms with Gasteiger partial charge >= 0.3 is 0 Å². The van der Waals surface area contributed by atoms with E-state index in [0.29, 0.717) is 17.6 Å². The first-order valence-electron chi connectivity index (χ1n) is 14.5. The van der Waals surface area contributed by atoms with Crippen LogP contribution in [0.4, 0.5) is 0 Å². The molecule has 0 aromatic carbocycles. The van der Waals surface area contributed by atoms with Gasteiger partial charge in [0.1, 0.15) is 0 Å². The van der Waals surface area contributed by atoms with Crippen LogP contribution in [0.2, 0.25) is 0 Å². The minimum absolute atomic E-state index is 0.493. The van der Waals surface area contributed by atoms with Gasteiger partial charge in [-0.05, 0) is 62.8 Å². The van der Waals surface area contributed by atoms with E-state index in [2.05, 4.69) is 12.2 Å². The van der Waals surface area contributed by atoms with Crippen molar-refractivity contribution < 1.29 is 4.74 Å². The smallest absolute Gasteiger partial charge is 0.0963 e. The zero-order chi connectivity index (χ0) is 22.1. The van der Waals surface area contributed by atoms with Crippen LogP contribution in [0.5, 0.6) is 0 Å². The van der Waals surface area contributed by atoms with Crippen molar-refractivity contribution >= 4 is 0 Å². The van der Waals surface area contributed by atoms with Crippen LogP contribution in [0.25, 0.3) is 0 Å². The van der Waals surface area contributed by atoms with Gasteiger partial charge in [-0.25, -0.2) is 0 Å². The molecule has 2 nitrogen and oxygen atoms in total. The van der Waals surface area contributed by atoms with Gasteiger partial charge in [-0.2, -0.15) is 0 Å². The largest absolute Gasteiger partial charge is 0.366 e. The molecule has 184 valence electrons. The van der Waals surface area contributed by atoms with Crippen LogP contribution in [0, 0.1) is 10.8 Å². The minimum Gasteiger partial charge on any atom is -0.366 e. The van der Waals surface area contributed by atoms with E-state index in [1.807, 2.05) is 7.05 Å². The number of nitrogens with one attached hydrogen (secondary N) is 1. The van der Waals surface area contributed by atoms with Crippen LogP contribution in [-0.4, -0.2) is 20.4 Å². The summed E-state index contributed by atoms with van der Waals surface area (Å²) in [6.07, 6.45) is 33.6. The molecule has 31 heavy (non-hydrogen) atoms. The summed E-state index contributed by atoms with van der Waals surface area (Å²) < 4.78 is 5.99. The van der Waals surface area contributed by atoms with Crippen LogP contribution in [-0.2, 0) is 4.74 Å². The van der Waals surface area contributed by atoms with E-state index in [-0.39, 0.29) is 0 Å². The Morgan fingerprint density at radius 1 is 0.581 bits per heavy atom. The highest BCUT2D eigenvalue weighted by molar-refractivity contribution is 4.85. The molecule has 0 unspecified atom stereocenters. The molecule has 0 saturated heterocycles. The topological polar surface area (TPSA) is 21.3 Å². The molecule has 2 rings (SSSR count). The quantitative estimate of drug-likeness (QED) is 0.171. The third kappa shape index (κ3) is 11.1. The van der Waals surface area contributed by atoms with Crippen LogP contribution >= 0.6 is 0 Å². The van der Waals surface area contributed by atoms with Crippen LogP contribution in [0.1, 0.15) is 155 Å². The Balaban J connectivity index is 1.68. The summed E-state index contributed by atoms with van der Waals surface area (Å²) in [7, 11) is 1.99. The number of hydrogen-bond acceptors (Lipinski definition) is 2. The van der Waals surface area contributed by atoms with Crippen molar-refractivity contribution in [3.63, 3.8) is 0 Å². The molecule has 2 fully saturated rings. The van der Waals surface area contributed by atoms with E-state index < -0.39 is 0 Å². The second kappa shape index (κ2) is 16.5. The molecule has 2 saturated carbocycles. The minimum atomic E-state index is 0.493. The SMILES string of the molecule is CCCCCCCCCCC1(CCCCC2(COCNC)CCCCC2)CCCCC1. The van der Waals surface area contributed by atoms with Gasteiger partial charge in [0.2, 0.25) is 0 Å². The van der Waals surface area contributed by atoms with Crippen molar-refractivity contribution in [1.29, 1.82) is 0 Å². The lowest BCUT2D eigenvalue weighted by Crippen LogP contribution is -2.31. The molecule has 2 heteroatoms.